The lowest BCUT2D eigenvalue weighted by Crippen LogP contribution is -2.36. The fraction of sp³-hybridized carbons (Fsp3) is 0.357. The summed E-state index contributed by atoms with van der Waals surface area (Å²) < 4.78 is 11.5. The van der Waals surface area contributed by atoms with Gasteiger partial charge in [-0.2, -0.15) is 0 Å². The predicted molar refractivity (Wildman–Crippen MR) is 136 cm³/mol. The number of hydrogen-bond acceptors (Lipinski definition) is 5. The van der Waals surface area contributed by atoms with Crippen molar-refractivity contribution in [2.24, 2.45) is 5.92 Å². The van der Waals surface area contributed by atoms with Gasteiger partial charge in [-0.1, -0.05) is 24.3 Å². The number of aliphatic hydroxyl groups is 1. The Bertz CT molecular complexity index is 1030. The molecule has 0 saturated heterocycles. The number of hydrogen-bond donors (Lipinski definition) is 3. The Hall–Kier alpha value is -3.58. The van der Waals surface area contributed by atoms with Gasteiger partial charge >= 0.3 is 0 Å². The van der Waals surface area contributed by atoms with Gasteiger partial charge in [0.1, 0.15) is 17.2 Å². The van der Waals surface area contributed by atoms with Crippen LogP contribution in [0.5, 0.6) is 11.5 Å². The Labute approximate surface area is 206 Å². The van der Waals surface area contributed by atoms with Crippen molar-refractivity contribution < 1.29 is 24.2 Å². The van der Waals surface area contributed by atoms with E-state index in [0.29, 0.717) is 23.8 Å². The second kappa shape index (κ2) is 13.3. The number of benzene rings is 2. The number of ether oxygens (including phenoxy) is 2. The van der Waals surface area contributed by atoms with Gasteiger partial charge in [-0.25, -0.2) is 0 Å². The molecule has 0 heterocycles. The zero-order valence-corrected chi connectivity index (χ0v) is 20.3. The number of carbonyl (C=O) groups excluding carboxylic acids is 2. The lowest BCUT2D eigenvalue weighted by Gasteiger charge is -2.12. The van der Waals surface area contributed by atoms with Crippen LogP contribution in [0, 0.1) is 5.92 Å². The molecule has 3 N–H and O–H groups in total. The molecule has 7 nitrogen and oxygen atoms in total. The highest BCUT2D eigenvalue weighted by Gasteiger charge is 2.15. The minimum Gasteiger partial charge on any atom is -0.494 e. The quantitative estimate of drug-likeness (QED) is 0.315. The van der Waals surface area contributed by atoms with E-state index in [1.165, 1.54) is 6.42 Å². The molecular weight excluding hydrogens is 444 g/mol. The molecule has 3 rings (SSSR count). The monoisotopic (exact) mass is 478 g/mol. The highest BCUT2D eigenvalue weighted by atomic mass is 16.5. The lowest BCUT2D eigenvalue weighted by atomic mass is 10.1. The summed E-state index contributed by atoms with van der Waals surface area (Å²) in [6, 6.07) is 14.1. The van der Waals surface area contributed by atoms with E-state index in [1.807, 2.05) is 13.8 Å². The third kappa shape index (κ3) is 8.61. The fourth-order valence-corrected chi connectivity index (χ4v) is 3.67. The van der Waals surface area contributed by atoms with E-state index in [1.54, 1.807) is 54.6 Å². The van der Waals surface area contributed by atoms with Gasteiger partial charge in [0.2, 0.25) is 0 Å². The van der Waals surface area contributed by atoms with Crippen molar-refractivity contribution in [2.45, 2.75) is 39.2 Å². The number of nitrogens with one attached hydrogen (secondary N) is 2. The first kappa shape index (κ1) is 26.0. The van der Waals surface area contributed by atoms with Crippen molar-refractivity contribution in [2.75, 3.05) is 19.8 Å². The molecule has 7 heteroatoms. The van der Waals surface area contributed by atoms with Crippen LogP contribution >= 0.6 is 0 Å². The Morgan fingerprint density at radius 3 is 2.43 bits per heavy atom. The standard InChI is InChI=1S/C28H34N2O5/c1-20(2)35-25-11-7-22(8-12-25)19-26(28(33)29-16-17-31)30-27(32)23-9-13-24(14-10-23)34-18-15-21-5-3-4-6-21/h3,5,7-14,19-21,31H,4,6,15-18H2,1-2H3,(H,29,33)(H,30,32)/b26-19+. The van der Waals surface area contributed by atoms with Crippen molar-refractivity contribution in [1.82, 2.24) is 10.6 Å². The molecule has 0 spiro atoms. The van der Waals surface area contributed by atoms with Gasteiger partial charge in [-0.05, 0) is 87.1 Å². The molecule has 0 aromatic heterocycles. The molecule has 2 aromatic rings. The number of rotatable bonds is 12. The highest BCUT2D eigenvalue weighted by Crippen LogP contribution is 2.21. The molecule has 0 aliphatic heterocycles. The molecular formula is C28H34N2O5. The Morgan fingerprint density at radius 1 is 1.09 bits per heavy atom. The van der Waals surface area contributed by atoms with Crippen molar-refractivity contribution in [1.29, 1.82) is 0 Å². The molecule has 0 radical (unpaired) electrons. The van der Waals surface area contributed by atoms with Gasteiger partial charge in [-0.15, -0.1) is 0 Å². The number of amides is 2. The van der Waals surface area contributed by atoms with Crippen LogP contribution in [0.2, 0.25) is 0 Å². The summed E-state index contributed by atoms with van der Waals surface area (Å²) in [5.41, 5.74) is 1.19. The Balaban J connectivity index is 1.64. The first-order valence-electron chi connectivity index (χ1n) is 12.0. The SMILES string of the molecule is CC(C)Oc1ccc(/C=C(/NC(=O)c2ccc(OCCC3C=CCC3)cc2)C(=O)NCCO)cc1. The number of carbonyl (C=O) groups is 2. The van der Waals surface area contributed by atoms with Gasteiger partial charge in [0, 0.05) is 12.1 Å². The molecule has 2 amide bonds. The fourth-order valence-electron chi connectivity index (χ4n) is 3.67. The summed E-state index contributed by atoms with van der Waals surface area (Å²) in [6.45, 7) is 4.39. The van der Waals surface area contributed by atoms with Gasteiger partial charge in [0.05, 0.1) is 19.3 Å². The van der Waals surface area contributed by atoms with E-state index in [4.69, 9.17) is 14.6 Å². The van der Waals surface area contributed by atoms with Crippen LogP contribution < -0.4 is 20.1 Å². The summed E-state index contributed by atoms with van der Waals surface area (Å²) in [6.07, 6.45) is 9.38. The molecule has 1 atom stereocenters. The molecule has 35 heavy (non-hydrogen) atoms. The minimum atomic E-state index is -0.490. The molecule has 1 unspecified atom stereocenters. The summed E-state index contributed by atoms with van der Waals surface area (Å²) >= 11 is 0. The van der Waals surface area contributed by atoms with Gasteiger partial charge in [0.15, 0.2) is 0 Å². The lowest BCUT2D eigenvalue weighted by molar-refractivity contribution is -0.117. The van der Waals surface area contributed by atoms with Crippen LogP contribution in [0.1, 0.15) is 49.0 Å². The van der Waals surface area contributed by atoms with Crippen molar-refractivity contribution in [3.05, 3.63) is 77.5 Å². The summed E-state index contributed by atoms with van der Waals surface area (Å²) in [5.74, 6) is 1.09. The van der Waals surface area contributed by atoms with E-state index in [0.717, 1.165) is 24.2 Å². The summed E-state index contributed by atoms with van der Waals surface area (Å²) in [5, 5.41) is 14.3. The first-order chi connectivity index (χ1) is 16.9. The van der Waals surface area contributed by atoms with E-state index in [-0.39, 0.29) is 25.0 Å². The van der Waals surface area contributed by atoms with Crippen LogP contribution in [0.25, 0.3) is 6.08 Å². The second-order valence-corrected chi connectivity index (χ2v) is 8.65. The smallest absolute Gasteiger partial charge is 0.267 e. The number of allylic oxidation sites excluding steroid dienone is 2. The van der Waals surface area contributed by atoms with E-state index in [9.17, 15) is 9.59 Å². The average Bonchev–Trinajstić information content (AvgIpc) is 3.37. The minimum absolute atomic E-state index is 0.0525. The number of aliphatic hydroxyl groups excluding tert-OH is 1. The maximum atomic E-state index is 12.8. The first-order valence-corrected chi connectivity index (χ1v) is 12.0. The van der Waals surface area contributed by atoms with Crippen LogP contribution in [0.15, 0.2) is 66.4 Å². The Morgan fingerprint density at radius 2 is 1.80 bits per heavy atom. The van der Waals surface area contributed by atoms with E-state index in [2.05, 4.69) is 22.8 Å². The summed E-state index contributed by atoms with van der Waals surface area (Å²) in [7, 11) is 0. The predicted octanol–water partition coefficient (Wildman–Crippen LogP) is 4.09. The van der Waals surface area contributed by atoms with Crippen LogP contribution in [0.3, 0.4) is 0 Å². The van der Waals surface area contributed by atoms with Crippen molar-refractivity contribution in [3.63, 3.8) is 0 Å². The van der Waals surface area contributed by atoms with Crippen LogP contribution in [-0.2, 0) is 4.79 Å². The average molecular weight is 479 g/mol. The zero-order chi connectivity index (χ0) is 25.0. The molecule has 2 aromatic carbocycles. The third-order valence-electron chi connectivity index (χ3n) is 5.44. The second-order valence-electron chi connectivity index (χ2n) is 8.65. The normalized spacial score (nSPS) is 15.2. The molecule has 0 fully saturated rings. The summed E-state index contributed by atoms with van der Waals surface area (Å²) in [4.78, 5) is 25.5. The molecule has 1 aliphatic carbocycles. The topological polar surface area (TPSA) is 96.9 Å². The maximum absolute atomic E-state index is 12.8. The Kier molecular flexibility index (Phi) is 9.93. The van der Waals surface area contributed by atoms with Crippen molar-refractivity contribution in [3.8, 4) is 11.5 Å². The van der Waals surface area contributed by atoms with Gasteiger partial charge in [-0.3, -0.25) is 9.59 Å². The van der Waals surface area contributed by atoms with E-state index >= 15 is 0 Å². The molecule has 186 valence electrons. The molecule has 1 aliphatic rings. The van der Waals surface area contributed by atoms with Crippen LogP contribution in [0.4, 0.5) is 0 Å². The molecule has 0 saturated carbocycles. The van der Waals surface area contributed by atoms with E-state index < -0.39 is 11.8 Å². The van der Waals surface area contributed by atoms with Gasteiger partial charge < -0.3 is 25.2 Å². The highest BCUT2D eigenvalue weighted by molar-refractivity contribution is 6.05. The van der Waals surface area contributed by atoms with Crippen molar-refractivity contribution >= 4 is 17.9 Å². The molecule has 0 bridgehead atoms. The maximum Gasteiger partial charge on any atom is 0.267 e. The zero-order valence-electron chi connectivity index (χ0n) is 20.3. The van der Waals surface area contributed by atoms with Gasteiger partial charge in [0.25, 0.3) is 11.8 Å². The largest absolute Gasteiger partial charge is 0.494 e. The van der Waals surface area contributed by atoms with Crippen LogP contribution in [-0.4, -0.2) is 42.8 Å². The third-order valence-corrected chi connectivity index (χ3v) is 5.44.